The average Bonchev–Trinajstić information content (AvgIpc) is 2.72. The Bertz CT molecular complexity index is 570. The third-order valence-corrected chi connectivity index (χ3v) is 5.54. The van der Waals surface area contributed by atoms with E-state index in [0.717, 1.165) is 6.42 Å². The molecule has 0 spiro atoms. The summed E-state index contributed by atoms with van der Waals surface area (Å²) in [5, 5.41) is 16.6. The summed E-state index contributed by atoms with van der Waals surface area (Å²) in [5.74, 6) is -2.50. The first-order valence-electron chi connectivity index (χ1n) is 9.51. The molecule has 0 aliphatic carbocycles. The van der Waals surface area contributed by atoms with Gasteiger partial charge in [0.2, 0.25) is 17.7 Å². The first-order chi connectivity index (χ1) is 14.2. The molecule has 10 nitrogen and oxygen atoms in total. The molecule has 4 unspecified atom stereocenters. The van der Waals surface area contributed by atoms with Gasteiger partial charge in [0.05, 0.1) is 6.04 Å². The fourth-order valence-electron chi connectivity index (χ4n) is 2.34. The molecule has 174 valence electrons. The number of thioether (sulfide) groups is 1. The van der Waals surface area contributed by atoms with E-state index >= 15 is 0 Å². The van der Waals surface area contributed by atoms with Crippen LogP contribution in [0, 0.1) is 0 Å². The van der Waals surface area contributed by atoms with Crippen molar-refractivity contribution in [1.82, 2.24) is 16.0 Å². The van der Waals surface area contributed by atoms with Crippen molar-refractivity contribution in [3.8, 4) is 0 Å². The highest BCUT2D eigenvalue weighted by atomic mass is 32.2. The third-order valence-electron chi connectivity index (χ3n) is 4.16. The van der Waals surface area contributed by atoms with E-state index in [-0.39, 0.29) is 17.9 Å². The first kappa shape index (κ1) is 28.9. The van der Waals surface area contributed by atoms with E-state index in [1.54, 1.807) is 0 Å². The number of nitrogens with two attached hydrogens (primary N) is 2. The van der Waals surface area contributed by atoms with Crippen molar-refractivity contribution in [1.29, 1.82) is 0 Å². The van der Waals surface area contributed by atoms with Gasteiger partial charge in [-0.3, -0.25) is 14.4 Å². The molecule has 4 atom stereocenters. The summed E-state index contributed by atoms with van der Waals surface area (Å²) in [4.78, 5) is 48.4. The molecule has 0 radical (unpaired) electrons. The maximum Gasteiger partial charge on any atom is 0.326 e. The maximum absolute atomic E-state index is 12.5. The minimum atomic E-state index is -1.16. The van der Waals surface area contributed by atoms with Crippen molar-refractivity contribution in [3.05, 3.63) is 0 Å². The number of aliphatic carboxylic acids is 1. The number of rotatable bonds is 16. The van der Waals surface area contributed by atoms with Crippen LogP contribution in [0.15, 0.2) is 0 Å². The van der Waals surface area contributed by atoms with Crippen LogP contribution < -0.4 is 27.4 Å². The second-order valence-corrected chi connectivity index (χ2v) is 8.28. The van der Waals surface area contributed by atoms with E-state index in [9.17, 15) is 24.3 Å². The van der Waals surface area contributed by atoms with Crippen LogP contribution >= 0.6 is 37.0 Å². The molecule has 0 rings (SSSR count). The molecule has 0 aromatic heterocycles. The summed E-state index contributed by atoms with van der Waals surface area (Å²) in [6.45, 7) is 0.503. The highest BCUT2D eigenvalue weighted by Crippen LogP contribution is 2.03. The minimum Gasteiger partial charge on any atom is -0.480 e. The number of nitrogens with one attached hydrogen (secondary N) is 3. The second kappa shape index (κ2) is 16.5. The van der Waals surface area contributed by atoms with E-state index in [1.807, 2.05) is 6.26 Å². The molecule has 0 fully saturated rings. The number of unbranched alkanes of at least 4 members (excludes halogenated alkanes) is 1. The zero-order valence-corrected chi connectivity index (χ0v) is 19.6. The van der Waals surface area contributed by atoms with Crippen molar-refractivity contribution in [2.75, 3.05) is 30.1 Å². The second-order valence-electron chi connectivity index (χ2n) is 6.56. The molecule has 0 saturated carbocycles. The monoisotopic (exact) mass is 483 g/mol. The summed E-state index contributed by atoms with van der Waals surface area (Å²) in [6.07, 6.45) is 3.93. The SMILES string of the molecule is CSCCC(NC(=O)C(CS)NC(=O)C(CS)NC(=O)C(N)CCCCN)C(=O)O. The molecule has 0 aliphatic rings. The summed E-state index contributed by atoms with van der Waals surface area (Å²) >= 11 is 9.59. The van der Waals surface area contributed by atoms with Crippen molar-refractivity contribution in [3.63, 3.8) is 0 Å². The number of thiol groups is 2. The smallest absolute Gasteiger partial charge is 0.326 e. The van der Waals surface area contributed by atoms with Gasteiger partial charge < -0.3 is 32.5 Å². The Morgan fingerprint density at radius 3 is 1.83 bits per heavy atom. The number of carboxylic acid groups (broad SMARTS) is 1. The predicted octanol–water partition coefficient (Wildman–Crippen LogP) is -1.41. The molecular formula is C17H33N5O5S3. The Morgan fingerprint density at radius 1 is 0.900 bits per heavy atom. The van der Waals surface area contributed by atoms with Crippen LogP contribution in [-0.2, 0) is 19.2 Å². The Morgan fingerprint density at radius 2 is 1.40 bits per heavy atom. The fraction of sp³-hybridized carbons (Fsp3) is 0.765. The lowest BCUT2D eigenvalue weighted by Gasteiger charge is -2.23. The molecular weight excluding hydrogens is 450 g/mol. The van der Waals surface area contributed by atoms with Crippen LogP contribution in [0.4, 0.5) is 0 Å². The fourth-order valence-corrected chi connectivity index (χ4v) is 3.33. The van der Waals surface area contributed by atoms with Gasteiger partial charge in [0.15, 0.2) is 0 Å². The molecule has 0 aromatic rings. The van der Waals surface area contributed by atoms with Crippen molar-refractivity contribution < 1.29 is 24.3 Å². The number of hydrogen-bond acceptors (Lipinski definition) is 9. The molecule has 8 N–H and O–H groups in total. The van der Waals surface area contributed by atoms with Crippen LogP contribution in [0.3, 0.4) is 0 Å². The molecule has 0 bridgehead atoms. The number of amides is 3. The summed E-state index contributed by atoms with van der Waals surface area (Å²) in [6, 6.07) is -3.95. The Labute approximate surface area is 192 Å². The number of carbonyl (C=O) groups is 4. The van der Waals surface area contributed by atoms with Gasteiger partial charge in [0.25, 0.3) is 0 Å². The standard InChI is InChI=1S/C17H33N5O5S3/c1-30-7-5-11(17(26)27)20-15(24)13(9-29)22-16(25)12(8-28)21-14(23)10(19)4-2-3-6-18/h10-13,28-29H,2-9,18-19H2,1H3,(H,20,24)(H,21,23)(H,22,25)(H,26,27). The van der Waals surface area contributed by atoms with Gasteiger partial charge in [-0.25, -0.2) is 4.79 Å². The summed E-state index contributed by atoms with van der Waals surface area (Å²) in [5.41, 5.74) is 11.2. The normalized spacial score (nSPS) is 14.8. The van der Waals surface area contributed by atoms with E-state index in [2.05, 4.69) is 41.2 Å². The van der Waals surface area contributed by atoms with Crippen LogP contribution in [0.2, 0.25) is 0 Å². The van der Waals surface area contributed by atoms with Gasteiger partial charge in [-0.2, -0.15) is 37.0 Å². The predicted molar refractivity (Wildman–Crippen MR) is 125 cm³/mol. The zero-order valence-electron chi connectivity index (χ0n) is 17.0. The molecule has 0 saturated heterocycles. The Balaban J connectivity index is 4.86. The topological polar surface area (TPSA) is 177 Å². The number of hydrogen-bond donors (Lipinski definition) is 8. The summed E-state index contributed by atoms with van der Waals surface area (Å²) in [7, 11) is 0. The number of carboxylic acids is 1. The third kappa shape index (κ3) is 11.3. The van der Waals surface area contributed by atoms with E-state index in [0.29, 0.717) is 25.1 Å². The Hall–Kier alpha value is -1.15. The highest BCUT2D eigenvalue weighted by Gasteiger charge is 2.29. The van der Waals surface area contributed by atoms with Crippen LogP contribution in [0.5, 0.6) is 0 Å². The van der Waals surface area contributed by atoms with Gasteiger partial charge in [-0.15, -0.1) is 0 Å². The van der Waals surface area contributed by atoms with Gasteiger partial charge in [0.1, 0.15) is 18.1 Å². The van der Waals surface area contributed by atoms with E-state index in [4.69, 9.17) is 11.5 Å². The molecule has 3 amide bonds. The highest BCUT2D eigenvalue weighted by molar-refractivity contribution is 7.98. The lowest BCUT2D eigenvalue weighted by Crippen LogP contribution is -2.58. The van der Waals surface area contributed by atoms with Gasteiger partial charge in [-0.05, 0) is 37.8 Å². The largest absolute Gasteiger partial charge is 0.480 e. The quantitative estimate of drug-likeness (QED) is 0.0975. The maximum atomic E-state index is 12.5. The van der Waals surface area contributed by atoms with Crippen LogP contribution in [0.25, 0.3) is 0 Å². The van der Waals surface area contributed by atoms with Crippen molar-refractivity contribution in [2.24, 2.45) is 11.5 Å². The molecule has 0 heterocycles. The molecule has 30 heavy (non-hydrogen) atoms. The van der Waals surface area contributed by atoms with Gasteiger partial charge in [-0.1, -0.05) is 6.42 Å². The lowest BCUT2D eigenvalue weighted by molar-refractivity contribution is -0.142. The van der Waals surface area contributed by atoms with Crippen molar-refractivity contribution in [2.45, 2.75) is 49.9 Å². The summed E-state index contributed by atoms with van der Waals surface area (Å²) < 4.78 is 0. The van der Waals surface area contributed by atoms with Crippen LogP contribution in [-0.4, -0.2) is 83.0 Å². The Kier molecular flexibility index (Phi) is 15.9. The minimum absolute atomic E-state index is 0.0144. The molecule has 0 aromatic carbocycles. The van der Waals surface area contributed by atoms with Gasteiger partial charge in [0, 0.05) is 11.5 Å². The van der Waals surface area contributed by atoms with E-state index in [1.165, 1.54) is 11.8 Å². The first-order valence-corrected chi connectivity index (χ1v) is 12.2. The molecule has 13 heteroatoms. The molecule has 0 aliphatic heterocycles. The average molecular weight is 484 g/mol. The van der Waals surface area contributed by atoms with Crippen LogP contribution in [0.1, 0.15) is 25.7 Å². The lowest BCUT2D eigenvalue weighted by atomic mass is 10.1. The number of carbonyl (C=O) groups excluding carboxylic acids is 3. The van der Waals surface area contributed by atoms with E-state index < -0.39 is 47.9 Å². The zero-order chi connectivity index (χ0) is 23.1. The van der Waals surface area contributed by atoms with Crippen molar-refractivity contribution >= 4 is 60.7 Å². The van der Waals surface area contributed by atoms with Gasteiger partial charge >= 0.3 is 5.97 Å².